The van der Waals surface area contributed by atoms with Crippen molar-refractivity contribution in [3.63, 3.8) is 0 Å². The van der Waals surface area contributed by atoms with E-state index in [0.29, 0.717) is 17.4 Å². The number of halogens is 7. The van der Waals surface area contributed by atoms with Crippen molar-refractivity contribution < 1.29 is 97.2 Å². The van der Waals surface area contributed by atoms with Gasteiger partial charge in [-0.1, -0.05) is 0 Å². The number of anilines is 1. The number of hydrogen-bond acceptors (Lipinski definition) is 7. The number of amides is 1. The maximum atomic E-state index is 13.8. The Balaban J connectivity index is 0.00000306. The zero-order valence-electron chi connectivity index (χ0n) is 18.5. The summed E-state index contributed by atoms with van der Waals surface area (Å²) in [7, 11) is 0. The van der Waals surface area contributed by atoms with E-state index in [-0.39, 0.29) is 72.3 Å². The molecule has 0 unspecified atom stereocenters. The van der Waals surface area contributed by atoms with Crippen molar-refractivity contribution in [1.82, 2.24) is 14.9 Å². The normalized spacial score (nSPS) is 18.0. The SMILES string of the molecule is C[C@H](Nc1cc(C(F)F)c(-c2sc([C-]=O)nc2C(=O)N2CC(F)(F)C[C@@H]2C)cn1)C(F)(F)F.[K+].[OH-]. The predicted molar refractivity (Wildman–Crippen MR) is 106 cm³/mol. The zero-order chi connectivity index (χ0) is 24.7. The third-order valence-electron chi connectivity index (χ3n) is 4.98. The van der Waals surface area contributed by atoms with E-state index in [1.54, 1.807) is 0 Å². The topological polar surface area (TPSA) is 105 Å². The van der Waals surface area contributed by atoms with E-state index < -0.39 is 66.6 Å². The largest absolute Gasteiger partial charge is 1.00 e. The van der Waals surface area contributed by atoms with E-state index in [1.807, 2.05) is 5.32 Å². The fraction of sp³-hybridized carbons (Fsp3) is 0.474. The summed E-state index contributed by atoms with van der Waals surface area (Å²) in [5, 5.41) is 1.58. The van der Waals surface area contributed by atoms with Crippen LogP contribution >= 0.6 is 11.3 Å². The van der Waals surface area contributed by atoms with Gasteiger partial charge in [-0.25, -0.2) is 28.8 Å². The molecule has 3 rings (SSSR count). The van der Waals surface area contributed by atoms with Crippen LogP contribution in [0.15, 0.2) is 12.3 Å². The molecule has 16 heteroatoms. The molecule has 2 aromatic rings. The standard InChI is InChI=1S/C19H16F7N4O2S.K.H2O/c1-8-4-18(22,23)7-30(8)17(32)14-15(33-13(6-31)29-14)11-5-27-12(3-10(11)16(20)21)28-9(2)19(24,25)26;;/h3,5,8-9,16H,4,7H2,1-2H3,(H,27,28);;1H2/q-1;+1;/p-1/t8-,9-;;/m0../s1. The maximum absolute atomic E-state index is 13.8. The van der Waals surface area contributed by atoms with Crippen LogP contribution in [0.5, 0.6) is 0 Å². The summed E-state index contributed by atoms with van der Waals surface area (Å²) in [6.07, 6.45) is -6.23. The molecule has 1 amide bonds. The molecule has 0 aromatic carbocycles. The van der Waals surface area contributed by atoms with Crippen LogP contribution in [0.4, 0.5) is 36.6 Å². The second kappa shape index (κ2) is 11.9. The van der Waals surface area contributed by atoms with E-state index >= 15 is 0 Å². The summed E-state index contributed by atoms with van der Waals surface area (Å²) in [5.41, 5.74) is -1.66. The van der Waals surface area contributed by atoms with Crippen molar-refractivity contribution in [1.29, 1.82) is 0 Å². The molecule has 35 heavy (non-hydrogen) atoms. The van der Waals surface area contributed by atoms with E-state index in [9.17, 15) is 40.3 Å². The molecule has 0 saturated carbocycles. The Morgan fingerprint density at radius 1 is 1.34 bits per heavy atom. The molecule has 0 spiro atoms. The van der Waals surface area contributed by atoms with Crippen LogP contribution in [0.2, 0.25) is 0 Å². The van der Waals surface area contributed by atoms with Gasteiger partial charge < -0.3 is 20.5 Å². The Morgan fingerprint density at radius 2 is 1.97 bits per heavy atom. The van der Waals surface area contributed by atoms with Crippen molar-refractivity contribution in [3.05, 3.63) is 28.5 Å². The van der Waals surface area contributed by atoms with Gasteiger partial charge >= 0.3 is 57.6 Å². The van der Waals surface area contributed by atoms with Gasteiger partial charge in [0.05, 0.1) is 11.4 Å². The number of aromatic nitrogens is 2. The Labute approximate surface area is 241 Å². The van der Waals surface area contributed by atoms with Crippen molar-refractivity contribution in [3.8, 4) is 10.4 Å². The summed E-state index contributed by atoms with van der Waals surface area (Å²) in [4.78, 5) is 32.1. The number of pyridine rings is 1. The molecule has 1 aliphatic rings. The van der Waals surface area contributed by atoms with Crippen molar-refractivity contribution >= 4 is 29.3 Å². The summed E-state index contributed by atoms with van der Waals surface area (Å²) < 4.78 is 93.4. The van der Waals surface area contributed by atoms with Gasteiger partial charge in [0, 0.05) is 29.8 Å². The first-order valence-electron chi connectivity index (χ1n) is 9.43. The second-order valence-electron chi connectivity index (χ2n) is 7.51. The van der Waals surface area contributed by atoms with Gasteiger partial charge in [0.15, 0.2) is 0 Å². The first-order valence-corrected chi connectivity index (χ1v) is 10.2. The molecular formula is C19H17F7KN4O3S-. The van der Waals surface area contributed by atoms with Crippen LogP contribution < -0.4 is 56.7 Å². The number of likely N-dealkylation sites (tertiary alicyclic amines) is 1. The number of carbonyl (C=O) groups excluding carboxylic acids is 2. The van der Waals surface area contributed by atoms with Gasteiger partial charge in [0.25, 0.3) is 18.3 Å². The van der Waals surface area contributed by atoms with Gasteiger partial charge in [-0.05, 0) is 24.9 Å². The number of carbonyl (C=O) groups is 1. The van der Waals surface area contributed by atoms with Crippen LogP contribution in [0.25, 0.3) is 10.4 Å². The van der Waals surface area contributed by atoms with Crippen LogP contribution in [0, 0.1) is 0 Å². The van der Waals surface area contributed by atoms with Crippen molar-refractivity contribution in [2.75, 3.05) is 11.9 Å². The molecule has 1 fully saturated rings. The number of hydrogen-bond donors (Lipinski definition) is 1. The first-order chi connectivity index (χ1) is 15.2. The molecule has 2 N–H and O–H groups in total. The molecule has 7 nitrogen and oxygen atoms in total. The summed E-state index contributed by atoms with van der Waals surface area (Å²) in [6.45, 7) is 1.24. The second-order valence-corrected chi connectivity index (χ2v) is 8.51. The van der Waals surface area contributed by atoms with Gasteiger partial charge in [0.2, 0.25) is 0 Å². The fourth-order valence-corrected chi connectivity index (χ4v) is 4.22. The molecular weight excluding hydrogens is 536 g/mol. The zero-order valence-corrected chi connectivity index (χ0v) is 22.4. The van der Waals surface area contributed by atoms with E-state index in [0.717, 1.165) is 18.0 Å². The minimum Gasteiger partial charge on any atom is -0.870 e. The molecule has 1 saturated heterocycles. The molecule has 0 radical (unpaired) electrons. The van der Waals surface area contributed by atoms with Crippen LogP contribution in [-0.4, -0.2) is 63.3 Å². The van der Waals surface area contributed by atoms with Crippen molar-refractivity contribution in [2.24, 2.45) is 0 Å². The van der Waals surface area contributed by atoms with Gasteiger partial charge in [-0.3, -0.25) is 9.78 Å². The third kappa shape index (κ3) is 7.20. The average molecular weight is 554 g/mol. The maximum Gasteiger partial charge on any atom is 1.00 e. The quantitative estimate of drug-likeness (QED) is 0.332. The number of thiazole rings is 1. The molecule has 0 bridgehead atoms. The van der Waals surface area contributed by atoms with Crippen LogP contribution in [-0.2, 0) is 4.79 Å². The molecule has 3 heterocycles. The third-order valence-corrected chi connectivity index (χ3v) is 5.96. The van der Waals surface area contributed by atoms with Gasteiger partial charge in [0.1, 0.15) is 17.6 Å². The van der Waals surface area contributed by atoms with Crippen LogP contribution in [0.1, 0.15) is 47.8 Å². The van der Waals surface area contributed by atoms with E-state index in [2.05, 4.69) is 9.97 Å². The Morgan fingerprint density at radius 3 is 2.46 bits per heavy atom. The minimum atomic E-state index is -4.66. The fourth-order valence-electron chi connectivity index (χ4n) is 3.34. The summed E-state index contributed by atoms with van der Waals surface area (Å²) >= 11 is 0.513. The minimum absolute atomic E-state index is 0. The number of nitrogens with zero attached hydrogens (tertiary/aromatic N) is 3. The number of rotatable bonds is 6. The molecule has 0 aliphatic carbocycles. The number of alkyl halides is 7. The summed E-state index contributed by atoms with van der Waals surface area (Å²) in [6, 6.07) is -2.28. The Kier molecular flexibility index (Phi) is 10.8. The molecule has 188 valence electrons. The molecule has 1 aliphatic heterocycles. The Bertz CT molecular complexity index is 1070. The monoisotopic (exact) mass is 553 g/mol. The molecule has 2 atom stereocenters. The van der Waals surface area contributed by atoms with E-state index in [1.165, 1.54) is 13.2 Å². The van der Waals surface area contributed by atoms with Crippen LogP contribution in [0.3, 0.4) is 0 Å². The van der Waals surface area contributed by atoms with Crippen molar-refractivity contribution in [2.45, 2.75) is 50.9 Å². The molecule has 2 aromatic heterocycles. The number of nitrogens with one attached hydrogen (secondary N) is 1. The predicted octanol–water partition coefficient (Wildman–Crippen LogP) is 1.66. The van der Waals surface area contributed by atoms with Gasteiger partial charge in [-0.15, -0.1) is 11.3 Å². The van der Waals surface area contributed by atoms with E-state index in [4.69, 9.17) is 0 Å². The average Bonchev–Trinajstić information content (AvgIpc) is 3.26. The Hall–Kier alpha value is -1.17. The smallest absolute Gasteiger partial charge is 0.870 e. The summed E-state index contributed by atoms with van der Waals surface area (Å²) in [5.74, 6) is -4.64. The van der Waals surface area contributed by atoms with Gasteiger partial charge in [-0.2, -0.15) is 13.2 Å². The first kappa shape index (κ1) is 31.9.